The molecule has 1 aromatic rings. The number of halogens is 1. The molecule has 0 bridgehead atoms. The lowest BCUT2D eigenvalue weighted by Crippen LogP contribution is -2.26. The molecule has 0 aliphatic heterocycles. The summed E-state index contributed by atoms with van der Waals surface area (Å²) in [6.45, 7) is 0. The van der Waals surface area contributed by atoms with E-state index in [1.54, 1.807) is 0 Å². The molecule has 90 valence electrons. The summed E-state index contributed by atoms with van der Waals surface area (Å²) in [5.74, 6) is 0. The molecule has 0 aliphatic rings. The maximum Gasteiger partial charge on any atom is 0.263 e. The zero-order valence-corrected chi connectivity index (χ0v) is 11.0. The average Bonchev–Trinajstić information content (AvgIpc) is 2.14. The lowest BCUT2D eigenvalue weighted by atomic mass is 10.3. The highest BCUT2D eigenvalue weighted by atomic mass is 35.7. The van der Waals surface area contributed by atoms with Crippen molar-refractivity contribution in [1.82, 2.24) is 0 Å². The Balaban J connectivity index is 3.48. The fourth-order valence-corrected chi connectivity index (χ4v) is 2.76. The molecule has 0 heterocycles. The van der Waals surface area contributed by atoms with E-state index in [1.807, 2.05) is 0 Å². The number of hydrogen-bond acceptors (Lipinski definition) is 4. The topological polar surface area (TPSA) is 71.5 Å². The maximum absolute atomic E-state index is 11.3. The van der Waals surface area contributed by atoms with Gasteiger partial charge in [0.05, 0.1) is 11.9 Å². The van der Waals surface area contributed by atoms with E-state index >= 15 is 0 Å². The van der Waals surface area contributed by atoms with Crippen LogP contribution in [0.4, 0.5) is 5.69 Å². The van der Waals surface area contributed by atoms with E-state index < -0.39 is 19.1 Å². The largest absolute Gasteiger partial charge is 0.272 e. The first-order chi connectivity index (χ1) is 7.14. The van der Waals surface area contributed by atoms with Crippen LogP contribution >= 0.6 is 10.7 Å². The second-order valence-corrected chi connectivity index (χ2v) is 7.68. The predicted molar refractivity (Wildman–Crippen MR) is 62.7 cm³/mol. The fraction of sp³-hybridized carbons (Fsp3) is 0.250. The van der Waals surface area contributed by atoms with Gasteiger partial charge in [0.15, 0.2) is 0 Å². The average molecular weight is 284 g/mol. The quantitative estimate of drug-likeness (QED) is 0.776. The minimum absolute atomic E-state index is 0.0278. The Labute approximate surface area is 99.1 Å². The molecule has 0 amide bonds. The van der Waals surface area contributed by atoms with Crippen molar-refractivity contribution in [2.45, 2.75) is 4.90 Å². The number of rotatable bonds is 3. The van der Waals surface area contributed by atoms with Gasteiger partial charge < -0.3 is 0 Å². The molecule has 0 unspecified atom stereocenters. The summed E-state index contributed by atoms with van der Waals surface area (Å²) in [5.41, 5.74) is 0.0278. The Morgan fingerprint density at radius 2 is 1.62 bits per heavy atom. The molecule has 0 atom stereocenters. The summed E-state index contributed by atoms with van der Waals surface area (Å²) in [6, 6.07) is 5.62. The van der Waals surface area contributed by atoms with Gasteiger partial charge in [-0.25, -0.2) is 16.8 Å². The SMILES string of the molecule is CN(c1ccccc1S(=O)(=O)Cl)S(C)(=O)=O. The lowest BCUT2D eigenvalue weighted by Gasteiger charge is -2.18. The highest BCUT2D eigenvalue weighted by molar-refractivity contribution is 8.14. The molecule has 0 aliphatic carbocycles. The van der Waals surface area contributed by atoms with Crippen LogP contribution in [-0.2, 0) is 19.1 Å². The summed E-state index contributed by atoms with van der Waals surface area (Å²) >= 11 is 0. The van der Waals surface area contributed by atoms with Gasteiger partial charge in [-0.1, -0.05) is 12.1 Å². The molecule has 5 nitrogen and oxygen atoms in total. The van der Waals surface area contributed by atoms with Crippen LogP contribution in [0.1, 0.15) is 0 Å². The molecule has 0 saturated heterocycles. The van der Waals surface area contributed by atoms with E-state index in [0.29, 0.717) is 0 Å². The van der Waals surface area contributed by atoms with E-state index in [-0.39, 0.29) is 10.6 Å². The van der Waals surface area contributed by atoms with Gasteiger partial charge in [0.25, 0.3) is 9.05 Å². The Bertz CT molecular complexity index is 594. The van der Waals surface area contributed by atoms with E-state index in [0.717, 1.165) is 10.6 Å². The number of anilines is 1. The number of sulfonamides is 1. The predicted octanol–water partition coefficient (Wildman–Crippen LogP) is 1.01. The summed E-state index contributed by atoms with van der Waals surface area (Å²) in [7, 11) is -1.03. The zero-order valence-electron chi connectivity index (χ0n) is 8.58. The number of hydrogen-bond donors (Lipinski definition) is 0. The molecular weight excluding hydrogens is 274 g/mol. The minimum atomic E-state index is -3.97. The normalized spacial score (nSPS) is 12.4. The summed E-state index contributed by atoms with van der Waals surface area (Å²) in [4.78, 5) is -0.232. The number of benzene rings is 1. The first kappa shape index (κ1) is 13.3. The molecule has 1 rings (SSSR count). The standard InChI is InChI=1S/C8H10ClNO4S2/c1-10(15(2,11)12)7-5-3-4-6-8(7)16(9,13)14/h3-6H,1-2H3. The second-order valence-electron chi connectivity index (χ2n) is 3.14. The summed E-state index contributed by atoms with van der Waals surface area (Å²) in [6.07, 6.45) is 0.977. The van der Waals surface area contributed by atoms with Gasteiger partial charge in [-0.15, -0.1) is 0 Å². The highest BCUT2D eigenvalue weighted by Crippen LogP contribution is 2.28. The maximum atomic E-state index is 11.3. The molecule has 0 fully saturated rings. The Morgan fingerprint density at radius 3 is 2.06 bits per heavy atom. The third-order valence-electron chi connectivity index (χ3n) is 1.96. The molecule has 0 N–H and O–H groups in total. The molecule has 0 saturated carbocycles. The van der Waals surface area contributed by atoms with Crippen molar-refractivity contribution >= 4 is 35.4 Å². The summed E-state index contributed by atoms with van der Waals surface area (Å²) < 4.78 is 45.9. The zero-order chi connectivity index (χ0) is 12.6. The summed E-state index contributed by atoms with van der Waals surface area (Å²) in [5, 5.41) is 0. The van der Waals surface area contributed by atoms with Crippen molar-refractivity contribution in [3.05, 3.63) is 24.3 Å². The molecule has 0 radical (unpaired) electrons. The first-order valence-electron chi connectivity index (χ1n) is 4.11. The van der Waals surface area contributed by atoms with E-state index in [4.69, 9.17) is 10.7 Å². The van der Waals surface area contributed by atoms with Gasteiger partial charge in [-0.3, -0.25) is 4.31 Å². The van der Waals surface area contributed by atoms with E-state index in [2.05, 4.69) is 0 Å². The van der Waals surface area contributed by atoms with Gasteiger partial charge in [0.2, 0.25) is 10.0 Å². The van der Waals surface area contributed by atoms with Crippen LogP contribution < -0.4 is 4.31 Å². The number of nitrogens with zero attached hydrogens (tertiary/aromatic N) is 1. The van der Waals surface area contributed by atoms with E-state index in [9.17, 15) is 16.8 Å². The third-order valence-corrected chi connectivity index (χ3v) is 4.53. The van der Waals surface area contributed by atoms with Crippen LogP contribution in [-0.4, -0.2) is 30.1 Å². The van der Waals surface area contributed by atoms with Crippen LogP contribution in [0.2, 0.25) is 0 Å². The molecule has 1 aromatic carbocycles. The smallest absolute Gasteiger partial charge is 0.263 e. The van der Waals surface area contributed by atoms with Gasteiger partial charge in [0.1, 0.15) is 4.90 Å². The van der Waals surface area contributed by atoms with Crippen LogP contribution in [0.5, 0.6) is 0 Å². The van der Waals surface area contributed by atoms with Crippen LogP contribution in [0, 0.1) is 0 Å². The van der Waals surface area contributed by atoms with Gasteiger partial charge in [0, 0.05) is 17.7 Å². The Kier molecular flexibility index (Phi) is 3.51. The third kappa shape index (κ3) is 2.87. The van der Waals surface area contributed by atoms with Crippen molar-refractivity contribution < 1.29 is 16.8 Å². The molecular formula is C8H10ClNO4S2. The van der Waals surface area contributed by atoms with Crippen molar-refractivity contribution in [2.75, 3.05) is 17.6 Å². The van der Waals surface area contributed by atoms with Crippen LogP contribution in [0.3, 0.4) is 0 Å². The monoisotopic (exact) mass is 283 g/mol. The van der Waals surface area contributed by atoms with Crippen molar-refractivity contribution in [3.8, 4) is 0 Å². The van der Waals surface area contributed by atoms with Crippen molar-refractivity contribution in [2.24, 2.45) is 0 Å². The fourth-order valence-electron chi connectivity index (χ4n) is 1.10. The van der Waals surface area contributed by atoms with E-state index in [1.165, 1.54) is 31.3 Å². The molecule has 8 heteroatoms. The molecule has 16 heavy (non-hydrogen) atoms. The highest BCUT2D eigenvalue weighted by Gasteiger charge is 2.21. The number of para-hydroxylation sites is 1. The minimum Gasteiger partial charge on any atom is -0.272 e. The first-order valence-corrected chi connectivity index (χ1v) is 8.27. The molecule has 0 aromatic heterocycles. The second kappa shape index (κ2) is 4.23. The van der Waals surface area contributed by atoms with Crippen molar-refractivity contribution in [3.63, 3.8) is 0 Å². The van der Waals surface area contributed by atoms with Gasteiger partial charge >= 0.3 is 0 Å². The Hall–Kier alpha value is -0.790. The van der Waals surface area contributed by atoms with Gasteiger partial charge in [-0.2, -0.15) is 0 Å². The molecule has 0 spiro atoms. The Morgan fingerprint density at radius 1 is 1.12 bits per heavy atom. The van der Waals surface area contributed by atoms with Crippen molar-refractivity contribution in [1.29, 1.82) is 0 Å². The lowest BCUT2D eigenvalue weighted by molar-refractivity contribution is 0.600. The van der Waals surface area contributed by atoms with Gasteiger partial charge in [-0.05, 0) is 12.1 Å². The van der Waals surface area contributed by atoms with Crippen LogP contribution in [0.25, 0.3) is 0 Å². The van der Waals surface area contributed by atoms with Crippen LogP contribution in [0.15, 0.2) is 29.2 Å².